The summed E-state index contributed by atoms with van der Waals surface area (Å²) >= 11 is 6.09. The normalized spacial score (nSPS) is 26.1. The number of rotatable bonds is 2. The largest absolute Gasteiger partial charge is 0.374 e. The molecule has 1 fully saturated rings. The van der Waals surface area contributed by atoms with Gasteiger partial charge in [-0.2, -0.15) is 0 Å². The van der Waals surface area contributed by atoms with Crippen molar-refractivity contribution in [1.82, 2.24) is 4.90 Å². The van der Waals surface area contributed by atoms with E-state index in [4.69, 9.17) is 22.1 Å². The highest BCUT2D eigenvalue weighted by atomic mass is 35.5. The summed E-state index contributed by atoms with van der Waals surface area (Å²) < 4.78 is 18.7. The molecule has 0 saturated carbocycles. The van der Waals surface area contributed by atoms with E-state index in [1.807, 2.05) is 7.05 Å². The van der Waals surface area contributed by atoms with Crippen LogP contribution in [0.1, 0.15) is 11.6 Å². The number of nitrogens with two attached hydrogens (primary N) is 1. The maximum atomic E-state index is 13.0. The first-order valence-electron chi connectivity index (χ1n) is 5.60. The van der Waals surface area contributed by atoms with Crippen LogP contribution in [0.3, 0.4) is 0 Å². The van der Waals surface area contributed by atoms with Crippen LogP contribution in [-0.4, -0.2) is 37.7 Å². The molecule has 1 saturated heterocycles. The molecule has 2 rings (SSSR count). The van der Waals surface area contributed by atoms with Crippen molar-refractivity contribution in [3.05, 3.63) is 34.6 Å². The second-order valence-electron chi connectivity index (χ2n) is 4.24. The van der Waals surface area contributed by atoms with Crippen molar-refractivity contribution in [1.29, 1.82) is 0 Å². The van der Waals surface area contributed by atoms with Crippen LogP contribution in [-0.2, 0) is 4.74 Å². The van der Waals surface area contributed by atoms with Gasteiger partial charge in [-0.25, -0.2) is 4.39 Å². The fraction of sp³-hybridized carbons (Fsp3) is 0.500. The Morgan fingerprint density at radius 2 is 2.35 bits per heavy atom. The summed E-state index contributed by atoms with van der Waals surface area (Å²) in [6.07, 6.45) is -0.100. The Bertz CT molecular complexity index is 402. The molecule has 0 aromatic heterocycles. The Labute approximate surface area is 105 Å². The van der Waals surface area contributed by atoms with Crippen LogP contribution in [0.2, 0.25) is 5.02 Å². The van der Waals surface area contributed by atoms with E-state index in [1.165, 1.54) is 12.1 Å². The summed E-state index contributed by atoms with van der Waals surface area (Å²) in [4.78, 5) is 2.14. The van der Waals surface area contributed by atoms with Crippen molar-refractivity contribution in [2.75, 3.05) is 26.7 Å². The first-order valence-corrected chi connectivity index (χ1v) is 5.98. The van der Waals surface area contributed by atoms with Crippen molar-refractivity contribution in [3.63, 3.8) is 0 Å². The number of halogens is 2. The van der Waals surface area contributed by atoms with Crippen molar-refractivity contribution in [3.8, 4) is 0 Å². The Balaban J connectivity index is 2.34. The van der Waals surface area contributed by atoms with Gasteiger partial charge in [0.2, 0.25) is 0 Å². The van der Waals surface area contributed by atoms with Crippen LogP contribution in [0.5, 0.6) is 0 Å². The van der Waals surface area contributed by atoms with E-state index in [0.29, 0.717) is 18.2 Å². The average Bonchev–Trinajstić information content (AvgIpc) is 2.30. The smallest absolute Gasteiger partial charge is 0.124 e. The average molecular weight is 259 g/mol. The van der Waals surface area contributed by atoms with Crippen LogP contribution in [0, 0.1) is 5.82 Å². The number of likely N-dealkylation sites (N-methyl/N-ethyl adjacent to an activating group) is 1. The van der Waals surface area contributed by atoms with E-state index >= 15 is 0 Å². The SMILES string of the molecule is CN1CCOC(CN)C1c1ccc(F)cc1Cl. The molecule has 3 nitrogen and oxygen atoms in total. The lowest BCUT2D eigenvalue weighted by Gasteiger charge is -2.39. The highest BCUT2D eigenvalue weighted by molar-refractivity contribution is 6.31. The zero-order valence-electron chi connectivity index (χ0n) is 9.70. The van der Waals surface area contributed by atoms with Crippen LogP contribution in [0.15, 0.2) is 18.2 Å². The summed E-state index contributed by atoms with van der Waals surface area (Å²) in [5.41, 5.74) is 6.57. The third-order valence-electron chi connectivity index (χ3n) is 3.12. The molecule has 0 bridgehead atoms. The molecule has 2 unspecified atom stereocenters. The quantitative estimate of drug-likeness (QED) is 0.879. The first-order chi connectivity index (χ1) is 8.13. The van der Waals surface area contributed by atoms with E-state index in [0.717, 1.165) is 12.1 Å². The molecule has 0 radical (unpaired) electrons. The molecule has 2 atom stereocenters. The highest BCUT2D eigenvalue weighted by Gasteiger charge is 2.31. The number of hydrogen-bond donors (Lipinski definition) is 1. The summed E-state index contributed by atoms with van der Waals surface area (Å²) in [5.74, 6) is -0.331. The lowest BCUT2D eigenvalue weighted by atomic mass is 9.98. The van der Waals surface area contributed by atoms with Gasteiger partial charge in [-0.3, -0.25) is 4.90 Å². The Kier molecular flexibility index (Phi) is 3.99. The standard InChI is InChI=1S/C12H16ClFN2O/c1-16-4-5-17-11(7-15)12(16)9-3-2-8(14)6-10(9)13/h2-3,6,11-12H,4-5,7,15H2,1H3. The molecule has 94 valence electrons. The number of benzene rings is 1. The minimum Gasteiger partial charge on any atom is -0.374 e. The summed E-state index contributed by atoms with van der Waals surface area (Å²) in [6, 6.07) is 4.43. The molecule has 17 heavy (non-hydrogen) atoms. The Hall–Kier alpha value is -0.680. The third-order valence-corrected chi connectivity index (χ3v) is 3.44. The number of ether oxygens (including phenoxy) is 1. The minimum absolute atomic E-state index is 0.0122. The van der Waals surface area contributed by atoms with Gasteiger partial charge >= 0.3 is 0 Å². The van der Waals surface area contributed by atoms with Crippen LogP contribution < -0.4 is 5.73 Å². The molecule has 0 amide bonds. The van der Waals surface area contributed by atoms with E-state index in [9.17, 15) is 4.39 Å². The summed E-state index contributed by atoms with van der Waals surface area (Å²) in [5, 5.41) is 0.422. The van der Waals surface area contributed by atoms with Gasteiger partial charge in [-0.15, -0.1) is 0 Å². The Morgan fingerprint density at radius 1 is 1.59 bits per heavy atom. The molecular formula is C12H16ClFN2O. The van der Waals surface area contributed by atoms with Crippen molar-refractivity contribution in [2.45, 2.75) is 12.1 Å². The first kappa shape index (κ1) is 12.8. The number of morpholine rings is 1. The van der Waals surface area contributed by atoms with Crippen LogP contribution >= 0.6 is 11.6 Å². The second kappa shape index (κ2) is 5.31. The van der Waals surface area contributed by atoms with E-state index in [-0.39, 0.29) is 18.0 Å². The van der Waals surface area contributed by atoms with Gasteiger partial charge in [-0.1, -0.05) is 17.7 Å². The number of nitrogens with zero attached hydrogens (tertiary/aromatic N) is 1. The predicted molar refractivity (Wildman–Crippen MR) is 65.6 cm³/mol. The molecule has 0 aliphatic carbocycles. The maximum Gasteiger partial charge on any atom is 0.124 e. The molecule has 2 N–H and O–H groups in total. The molecule has 1 aromatic carbocycles. The van der Waals surface area contributed by atoms with Gasteiger partial charge in [0.1, 0.15) is 5.82 Å². The van der Waals surface area contributed by atoms with Crippen molar-refractivity contribution < 1.29 is 9.13 Å². The summed E-state index contributed by atoms with van der Waals surface area (Å²) in [6.45, 7) is 1.89. The van der Waals surface area contributed by atoms with Crippen molar-refractivity contribution >= 4 is 11.6 Å². The van der Waals surface area contributed by atoms with Gasteiger partial charge in [-0.05, 0) is 24.7 Å². The lowest BCUT2D eigenvalue weighted by molar-refractivity contribution is -0.0576. The van der Waals surface area contributed by atoms with Crippen LogP contribution in [0.4, 0.5) is 4.39 Å². The van der Waals surface area contributed by atoms with Gasteiger partial charge in [0.15, 0.2) is 0 Å². The van der Waals surface area contributed by atoms with Crippen LogP contribution in [0.25, 0.3) is 0 Å². The zero-order chi connectivity index (χ0) is 12.4. The maximum absolute atomic E-state index is 13.0. The molecule has 1 heterocycles. The summed E-state index contributed by atoms with van der Waals surface area (Å²) in [7, 11) is 2.00. The van der Waals surface area contributed by atoms with E-state index in [2.05, 4.69) is 4.90 Å². The topological polar surface area (TPSA) is 38.5 Å². The third kappa shape index (κ3) is 2.60. The van der Waals surface area contributed by atoms with Gasteiger partial charge in [0.05, 0.1) is 18.8 Å². The fourth-order valence-electron chi connectivity index (χ4n) is 2.24. The predicted octanol–water partition coefficient (Wildman–Crippen LogP) is 1.81. The molecular weight excluding hydrogens is 243 g/mol. The molecule has 0 spiro atoms. The van der Waals surface area contributed by atoms with E-state index < -0.39 is 0 Å². The minimum atomic E-state index is -0.331. The van der Waals surface area contributed by atoms with Gasteiger partial charge < -0.3 is 10.5 Å². The monoisotopic (exact) mass is 258 g/mol. The van der Waals surface area contributed by atoms with E-state index in [1.54, 1.807) is 6.07 Å². The number of hydrogen-bond acceptors (Lipinski definition) is 3. The molecule has 1 aromatic rings. The molecule has 1 aliphatic rings. The highest BCUT2D eigenvalue weighted by Crippen LogP contribution is 2.32. The fourth-order valence-corrected chi connectivity index (χ4v) is 2.52. The van der Waals surface area contributed by atoms with Crippen molar-refractivity contribution in [2.24, 2.45) is 5.73 Å². The van der Waals surface area contributed by atoms with Gasteiger partial charge in [0, 0.05) is 18.1 Å². The van der Waals surface area contributed by atoms with Gasteiger partial charge in [0.25, 0.3) is 0 Å². The second-order valence-corrected chi connectivity index (χ2v) is 4.64. The lowest BCUT2D eigenvalue weighted by Crippen LogP contribution is -2.46. The molecule has 5 heteroatoms. The zero-order valence-corrected chi connectivity index (χ0v) is 10.5. The molecule has 1 aliphatic heterocycles. The Morgan fingerprint density at radius 3 is 3.00 bits per heavy atom.